The Morgan fingerprint density at radius 2 is 2.44 bits per heavy atom. The molecule has 6 nitrogen and oxygen atoms in total. The average Bonchev–Trinajstić information content (AvgIpc) is 2.37. The molecule has 0 radical (unpaired) electrons. The first kappa shape index (κ1) is 12.3. The Morgan fingerprint density at radius 1 is 1.61 bits per heavy atom. The van der Waals surface area contributed by atoms with Crippen molar-refractivity contribution in [2.24, 2.45) is 4.99 Å². The summed E-state index contributed by atoms with van der Waals surface area (Å²) in [5.74, 6) is 0. The van der Waals surface area contributed by atoms with Crippen molar-refractivity contribution in [3.63, 3.8) is 0 Å². The van der Waals surface area contributed by atoms with Gasteiger partial charge in [0.2, 0.25) is 0 Å². The highest BCUT2D eigenvalue weighted by Crippen LogP contribution is 2.25. The Labute approximate surface area is 108 Å². The number of carbonyl (C=O) groups is 1. The molecule has 2 rings (SSSR count). The average molecular weight is 261 g/mol. The second kappa shape index (κ2) is 5.42. The number of hydrogen-bond acceptors (Lipinski definition) is 4. The molecule has 18 heavy (non-hydrogen) atoms. The molecule has 1 heterocycles. The van der Waals surface area contributed by atoms with E-state index in [1.54, 1.807) is 6.07 Å². The van der Waals surface area contributed by atoms with Crippen LogP contribution in [0.3, 0.4) is 0 Å². The van der Waals surface area contributed by atoms with Crippen molar-refractivity contribution >= 4 is 34.3 Å². The monoisotopic (exact) mass is 261 g/mol. The van der Waals surface area contributed by atoms with Gasteiger partial charge in [0, 0.05) is 12.2 Å². The Bertz CT molecular complexity index is 549. The van der Waals surface area contributed by atoms with Gasteiger partial charge in [-0.05, 0) is 24.0 Å². The van der Waals surface area contributed by atoms with Gasteiger partial charge >= 0.3 is 6.03 Å². The largest absolute Gasteiger partial charge is 0.334 e. The lowest BCUT2D eigenvalue weighted by atomic mass is 10.1. The van der Waals surface area contributed by atoms with E-state index in [1.807, 2.05) is 24.6 Å². The third-order valence-corrected chi connectivity index (χ3v) is 2.95. The molecule has 0 aliphatic carbocycles. The lowest BCUT2D eigenvalue weighted by Crippen LogP contribution is -2.33. The van der Waals surface area contributed by atoms with Gasteiger partial charge in [0.15, 0.2) is 11.4 Å². The van der Waals surface area contributed by atoms with Crippen molar-refractivity contribution in [1.82, 2.24) is 10.6 Å². The molecule has 1 aromatic rings. The van der Waals surface area contributed by atoms with E-state index in [4.69, 9.17) is 5.26 Å². The lowest BCUT2D eigenvalue weighted by molar-refractivity contribution is 0.251. The highest BCUT2D eigenvalue weighted by molar-refractivity contribution is 8.13. The van der Waals surface area contributed by atoms with Crippen LogP contribution >= 0.6 is 11.8 Å². The number of hydrogen-bond donors (Lipinski definition) is 3. The summed E-state index contributed by atoms with van der Waals surface area (Å²) in [5, 5.41) is 16.9. The minimum atomic E-state index is -0.219. The van der Waals surface area contributed by atoms with Gasteiger partial charge in [-0.15, -0.1) is 0 Å². The number of nitrogens with zero attached hydrogens (tertiary/aromatic N) is 2. The molecule has 92 valence electrons. The summed E-state index contributed by atoms with van der Waals surface area (Å²) in [7, 11) is 0. The van der Waals surface area contributed by atoms with Crippen LogP contribution in [0.4, 0.5) is 16.2 Å². The van der Waals surface area contributed by atoms with Crippen molar-refractivity contribution in [3.8, 4) is 6.19 Å². The predicted octanol–water partition coefficient (Wildman–Crippen LogP) is 1.74. The van der Waals surface area contributed by atoms with E-state index in [9.17, 15) is 4.79 Å². The maximum atomic E-state index is 11.2. The highest BCUT2D eigenvalue weighted by Gasteiger charge is 2.13. The van der Waals surface area contributed by atoms with Crippen LogP contribution in [-0.4, -0.2) is 17.5 Å². The summed E-state index contributed by atoms with van der Waals surface area (Å²) >= 11 is 1.34. The molecule has 0 saturated heterocycles. The maximum absolute atomic E-state index is 11.2. The van der Waals surface area contributed by atoms with Crippen LogP contribution in [0, 0.1) is 11.5 Å². The van der Waals surface area contributed by atoms with Crippen LogP contribution in [0.5, 0.6) is 0 Å². The number of carbonyl (C=O) groups excluding carboxylic acids is 1. The Hall–Kier alpha value is -2.20. The second-order valence-corrected chi connectivity index (χ2v) is 4.30. The van der Waals surface area contributed by atoms with E-state index in [-0.39, 0.29) is 6.03 Å². The molecule has 0 saturated carbocycles. The van der Waals surface area contributed by atoms with Gasteiger partial charge in [-0.25, -0.2) is 9.79 Å². The highest BCUT2D eigenvalue weighted by atomic mass is 32.2. The van der Waals surface area contributed by atoms with Crippen LogP contribution < -0.4 is 16.0 Å². The summed E-state index contributed by atoms with van der Waals surface area (Å²) < 4.78 is 0. The topological polar surface area (TPSA) is 89.3 Å². The molecule has 2 amide bonds. The van der Waals surface area contributed by atoms with E-state index in [0.717, 1.165) is 11.3 Å². The summed E-state index contributed by atoms with van der Waals surface area (Å²) in [6, 6.07) is 5.30. The first-order valence-electron chi connectivity index (χ1n) is 5.18. The summed E-state index contributed by atoms with van der Waals surface area (Å²) in [5.41, 5.74) is 2.44. The molecule has 3 N–H and O–H groups in total. The molecule has 0 spiro atoms. The van der Waals surface area contributed by atoms with Gasteiger partial charge in [0.25, 0.3) is 0 Å². The summed E-state index contributed by atoms with van der Waals surface area (Å²) in [6.07, 6.45) is 3.65. The standard InChI is InChI=1S/C11H11N5OS/c1-18-11(14-6-12)15-8-3-2-7-5-13-10(17)16-9(7)4-8/h2-4H,5H2,1H3,(H,14,15)(H2,13,16,17). The molecule has 1 aromatic carbocycles. The molecule has 0 aromatic heterocycles. The van der Waals surface area contributed by atoms with Crippen LogP contribution in [0.1, 0.15) is 5.56 Å². The molecule has 0 unspecified atom stereocenters. The third-order valence-electron chi connectivity index (χ3n) is 2.37. The Balaban J connectivity index is 2.28. The number of fused-ring (bicyclic) bond motifs is 1. The fourth-order valence-electron chi connectivity index (χ4n) is 1.54. The molecule has 0 bridgehead atoms. The Kier molecular flexibility index (Phi) is 3.69. The van der Waals surface area contributed by atoms with Crippen LogP contribution in [0.25, 0.3) is 0 Å². The van der Waals surface area contributed by atoms with Gasteiger partial charge in [-0.1, -0.05) is 17.8 Å². The fraction of sp³-hybridized carbons (Fsp3) is 0.182. The van der Waals surface area contributed by atoms with Crippen molar-refractivity contribution in [2.75, 3.05) is 11.6 Å². The fourth-order valence-corrected chi connectivity index (χ4v) is 1.88. The van der Waals surface area contributed by atoms with Crippen LogP contribution in [0.2, 0.25) is 0 Å². The number of benzene rings is 1. The molecule has 0 atom stereocenters. The molecular weight excluding hydrogens is 250 g/mol. The Morgan fingerprint density at radius 3 is 3.17 bits per heavy atom. The lowest BCUT2D eigenvalue weighted by Gasteiger charge is -2.18. The molecular formula is C11H11N5OS. The number of rotatable bonds is 1. The van der Waals surface area contributed by atoms with Gasteiger partial charge < -0.3 is 10.6 Å². The van der Waals surface area contributed by atoms with Crippen molar-refractivity contribution < 1.29 is 4.79 Å². The number of amides is 2. The zero-order valence-electron chi connectivity index (χ0n) is 9.65. The number of thioether (sulfide) groups is 1. The van der Waals surface area contributed by atoms with E-state index in [1.165, 1.54) is 11.8 Å². The van der Waals surface area contributed by atoms with Gasteiger partial charge in [0.05, 0.1) is 5.69 Å². The van der Waals surface area contributed by atoms with Crippen LogP contribution in [0.15, 0.2) is 23.2 Å². The zero-order chi connectivity index (χ0) is 13.0. The first-order chi connectivity index (χ1) is 8.72. The van der Waals surface area contributed by atoms with Gasteiger partial charge in [-0.3, -0.25) is 5.32 Å². The molecule has 7 heteroatoms. The SMILES string of the molecule is CSC(=Nc1ccc2c(c1)NC(=O)NC2)NC#N. The number of aliphatic imine (C=N–C) groups is 1. The maximum Gasteiger partial charge on any atom is 0.319 e. The smallest absolute Gasteiger partial charge is 0.319 e. The normalized spacial score (nSPS) is 14.0. The number of anilines is 1. The minimum Gasteiger partial charge on any atom is -0.334 e. The number of nitriles is 1. The van der Waals surface area contributed by atoms with E-state index in [0.29, 0.717) is 17.4 Å². The van der Waals surface area contributed by atoms with E-state index in [2.05, 4.69) is 20.9 Å². The number of nitrogens with one attached hydrogen (secondary N) is 3. The quantitative estimate of drug-likeness (QED) is 0.311. The van der Waals surface area contributed by atoms with Crippen molar-refractivity contribution in [2.45, 2.75) is 6.54 Å². The van der Waals surface area contributed by atoms with Gasteiger partial charge in [0.1, 0.15) is 0 Å². The molecule has 1 aliphatic rings. The number of amidine groups is 1. The first-order valence-corrected chi connectivity index (χ1v) is 6.41. The third kappa shape index (κ3) is 2.73. The molecule has 0 fully saturated rings. The predicted molar refractivity (Wildman–Crippen MR) is 71.7 cm³/mol. The zero-order valence-corrected chi connectivity index (χ0v) is 10.5. The van der Waals surface area contributed by atoms with E-state index < -0.39 is 0 Å². The van der Waals surface area contributed by atoms with Crippen LogP contribution in [-0.2, 0) is 6.54 Å². The minimum absolute atomic E-state index is 0.219. The summed E-state index contributed by atoms with van der Waals surface area (Å²) in [4.78, 5) is 15.5. The van der Waals surface area contributed by atoms with Gasteiger partial charge in [-0.2, -0.15) is 5.26 Å². The molecule has 1 aliphatic heterocycles. The van der Waals surface area contributed by atoms with E-state index >= 15 is 0 Å². The number of urea groups is 1. The second-order valence-electron chi connectivity index (χ2n) is 3.51. The van der Waals surface area contributed by atoms with Crippen molar-refractivity contribution in [3.05, 3.63) is 23.8 Å². The summed E-state index contributed by atoms with van der Waals surface area (Å²) in [6.45, 7) is 0.511. The van der Waals surface area contributed by atoms with Crippen molar-refractivity contribution in [1.29, 1.82) is 5.26 Å².